The molecule has 7 nitrogen and oxygen atoms in total. The van der Waals surface area contributed by atoms with E-state index in [0.29, 0.717) is 0 Å². The summed E-state index contributed by atoms with van der Waals surface area (Å²) in [6.45, 7) is -0.290. The number of fused-ring (bicyclic) bond motifs is 1. The quantitative estimate of drug-likeness (QED) is 0.677. The van der Waals surface area contributed by atoms with Gasteiger partial charge in [-0.05, 0) is 43.2 Å². The van der Waals surface area contributed by atoms with Gasteiger partial charge >= 0.3 is 5.69 Å². The minimum absolute atomic E-state index is 0.00178. The Morgan fingerprint density at radius 2 is 1.60 bits per heavy atom. The van der Waals surface area contributed by atoms with Gasteiger partial charge in [0.15, 0.2) is 4.90 Å². The van der Waals surface area contributed by atoms with Gasteiger partial charge in [-0.2, -0.15) is 4.31 Å². The van der Waals surface area contributed by atoms with Gasteiger partial charge in [0.05, 0.1) is 10.9 Å². The van der Waals surface area contributed by atoms with Gasteiger partial charge in [-0.3, -0.25) is 9.36 Å². The van der Waals surface area contributed by atoms with E-state index in [4.69, 9.17) is 0 Å². The highest BCUT2D eigenvalue weighted by Crippen LogP contribution is 2.28. The number of sulfonamides is 1. The Labute approximate surface area is 168 Å². The number of H-pyrrole nitrogens is 1. The molecule has 0 amide bonds. The highest BCUT2D eigenvalue weighted by Gasteiger charge is 2.34. The highest BCUT2D eigenvalue weighted by atomic mass is 32.2. The maximum atomic E-state index is 14.0. The molecule has 30 heavy (non-hydrogen) atoms. The lowest BCUT2D eigenvalue weighted by molar-refractivity contribution is 0.264. The van der Waals surface area contributed by atoms with Crippen LogP contribution in [0.2, 0.25) is 0 Å². The van der Waals surface area contributed by atoms with Crippen molar-refractivity contribution in [1.29, 1.82) is 0 Å². The average molecular weight is 439 g/mol. The molecule has 2 aromatic carbocycles. The van der Waals surface area contributed by atoms with Crippen LogP contribution in [0.1, 0.15) is 18.9 Å². The zero-order chi connectivity index (χ0) is 21.6. The van der Waals surface area contributed by atoms with Gasteiger partial charge in [0.25, 0.3) is 5.56 Å². The molecule has 1 saturated heterocycles. The molecule has 0 unspecified atom stereocenters. The number of benzene rings is 2. The number of aromatic nitrogens is 2. The van der Waals surface area contributed by atoms with Gasteiger partial charge < -0.3 is 4.98 Å². The summed E-state index contributed by atoms with van der Waals surface area (Å²) in [5, 5.41) is -0.00178. The van der Waals surface area contributed by atoms with E-state index >= 15 is 0 Å². The molecule has 0 saturated carbocycles. The maximum absolute atomic E-state index is 14.0. The van der Waals surface area contributed by atoms with Gasteiger partial charge in [0.1, 0.15) is 17.5 Å². The minimum Gasteiger partial charge on any atom is -0.307 e. The Bertz CT molecular complexity index is 1340. The van der Waals surface area contributed by atoms with Crippen LogP contribution < -0.4 is 11.2 Å². The number of nitrogens with zero attached hydrogens (tertiary/aromatic N) is 2. The van der Waals surface area contributed by atoms with E-state index in [9.17, 15) is 31.2 Å². The second-order valence-electron chi connectivity index (χ2n) is 6.98. The molecule has 0 bridgehead atoms. The van der Waals surface area contributed by atoms with Crippen LogP contribution >= 0.6 is 0 Å². The molecule has 1 aromatic heterocycles. The Hall–Kier alpha value is -2.92. The molecule has 1 fully saturated rings. The van der Waals surface area contributed by atoms with Crippen LogP contribution in [0.3, 0.4) is 0 Å². The molecular formula is C19H16F3N3O4S. The molecule has 11 heteroatoms. The lowest BCUT2D eigenvalue weighted by atomic mass is 10.1. The third-order valence-electron chi connectivity index (χ3n) is 5.20. The zero-order valence-corrected chi connectivity index (χ0v) is 16.3. The van der Waals surface area contributed by atoms with E-state index in [2.05, 4.69) is 4.98 Å². The first kappa shape index (κ1) is 20.4. The number of hydrogen-bond donors (Lipinski definition) is 1. The molecule has 1 aliphatic rings. The van der Waals surface area contributed by atoms with Crippen LogP contribution in [0.25, 0.3) is 10.9 Å². The summed E-state index contributed by atoms with van der Waals surface area (Å²) in [5.74, 6) is -3.02. The molecule has 0 aliphatic carbocycles. The van der Waals surface area contributed by atoms with Crippen LogP contribution in [0.15, 0.2) is 50.9 Å². The molecule has 158 valence electrons. The molecule has 4 rings (SSSR count). The Balaban J connectivity index is 1.64. The molecule has 1 aliphatic heterocycles. The first-order chi connectivity index (χ1) is 14.2. The van der Waals surface area contributed by atoms with Crippen LogP contribution in [-0.4, -0.2) is 35.4 Å². The summed E-state index contributed by atoms with van der Waals surface area (Å²) < 4.78 is 68.7. The summed E-state index contributed by atoms with van der Waals surface area (Å²) in [6, 6.07) is 5.56. The Morgan fingerprint density at radius 1 is 0.967 bits per heavy atom. The standard InChI is InChI=1S/C19H16F3N3O4S/c20-11-4-5-16-13(10-11)18(26)25(19(27)23-16)12-6-8-24(9-7-12)30(28,29)17-14(21)2-1-3-15(17)22/h1-5,10,12H,6-9H2,(H,23,27). The van der Waals surface area contributed by atoms with E-state index in [-0.39, 0.29) is 36.8 Å². The molecule has 0 atom stereocenters. The fourth-order valence-electron chi connectivity index (χ4n) is 3.73. The molecule has 3 aromatic rings. The topological polar surface area (TPSA) is 92.2 Å². The van der Waals surface area contributed by atoms with Crippen molar-refractivity contribution in [2.45, 2.75) is 23.8 Å². The van der Waals surface area contributed by atoms with Crippen molar-refractivity contribution < 1.29 is 21.6 Å². The van der Waals surface area contributed by atoms with Crippen molar-refractivity contribution in [2.75, 3.05) is 13.1 Å². The first-order valence-electron chi connectivity index (χ1n) is 9.08. The summed E-state index contributed by atoms with van der Waals surface area (Å²) >= 11 is 0. The van der Waals surface area contributed by atoms with Gasteiger partial charge in [0, 0.05) is 19.1 Å². The van der Waals surface area contributed by atoms with Crippen molar-refractivity contribution in [3.63, 3.8) is 0 Å². The van der Waals surface area contributed by atoms with Crippen molar-refractivity contribution in [1.82, 2.24) is 13.9 Å². The lowest BCUT2D eigenvalue weighted by Crippen LogP contribution is -2.45. The Morgan fingerprint density at radius 3 is 2.23 bits per heavy atom. The monoisotopic (exact) mass is 439 g/mol. The number of rotatable bonds is 3. The van der Waals surface area contributed by atoms with Crippen molar-refractivity contribution >= 4 is 20.9 Å². The second kappa shape index (κ2) is 7.40. The SMILES string of the molecule is O=c1[nH]c2ccc(F)cc2c(=O)n1C1CCN(S(=O)(=O)c2c(F)cccc2F)CC1. The van der Waals surface area contributed by atoms with Gasteiger partial charge in [-0.25, -0.2) is 26.4 Å². The predicted molar refractivity (Wildman–Crippen MR) is 102 cm³/mol. The molecular weight excluding hydrogens is 423 g/mol. The summed E-state index contributed by atoms with van der Waals surface area (Å²) in [6.07, 6.45) is 0.137. The zero-order valence-electron chi connectivity index (χ0n) is 15.4. The number of halogens is 3. The van der Waals surface area contributed by atoms with Crippen LogP contribution in [0.4, 0.5) is 13.2 Å². The number of aromatic amines is 1. The average Bonchev–Trinajstić information content (AvgIpc) is 2.69. The van der Waals surface area contributed by atoms with Crippen LogP contribution in [-0.2, 0) is 10.0 Å². The summed E-state index contributed by atoms with van der Waals surface area (Å²) in [5.41, 5.74) is -1.19. The Kier molecular flexibility index (Phi) is 5.02. The predicted octanol–water partition coefficient (Wildman–Crippen LogP) is 2.13. The van der Waals surface area contributed by atoms with E-state index in [1.54, 1.807) is 0 Å². The van der Waals surface area contributed by atoms with E-state index in [0.717, 1.165) is 39.2 Å². The van der Waals surface area contributed by atoms with Crippen molar-refractivity contribution in [2.24, 2.45) is 0 Å². The number of hydrogen-bond acceptors (Lipinski definition) is 4. The fourth-order valence-corrected chi connectivity index (χ4v) is 5.31. The molecule has 2 heterocycles. The van der Waals surface area contributed by atoms with Crippen LogP contribution in [0.5, 0.6) is 0 Å². The van der Waals surface area contributed by atoms with E-state index in [1.165, 1.54) is 6.07 Å². The third kappa shape index (κ3) is 3.33. The van der Waals surface area contributed by atoms with Gasteiger partial charge in [0.2, 0.25) is 10.0 Å². The van der Waals surface area contributed by atoms with E-state index in [1.807, 2.05) is 0 Å². The van der Waals surface area contributed by atoms with Gasteiger partial charge in [-0.1, -0.05) is 6.07 Å². The van der Waals surface area contributed by atoms with Crippen LogP contribution in [0, 0.1) is 17.5 Å². The maximum Gasteiger partial charge on any atom is 0.329 e. The summed E-state index contributed by atoms with van der Waals surface area (Å²) in [4.78, 5) is 26.6. The third-order valence-corrected chi connectivity index (χ3v) is 7.15. The van der Waals surface area contributed by atoms with Gasteiger partial charge in [-0.15, -0.1) is 0 Å². The molecule has 0 radical (unpaired) electrons. The number of nitrogens with one attached hydrogen (secondary N) is 1. The fraction of sp³-hybridized carbons (Fsp3) is 0.263. The lowest BCUT2D eigenvalue weighted by Gasteiger charge is -2.31. The normalized spacial score (nSPS) is 16.2. The van der Waals surface area contributed by atoms with E-state index < -0.39 is 49.7 Å². The molecule has 0 spiro atoms. The minimum atomic E-state index is -4.43. The molecule has 1 N–H and O–H groups in total. The summed E-state index contributed by atoms with van der Waals surface area (Å²) in [7, 11) is -4.43. The van der Waals surface area contributed by atoms with Crippen molar-refractivity contribution in [3.05, 3.63) is 74.7 Å². The second-order valence-corrected chi connectivity index (χ2v) is 8.86. The smallest absolute Gasteiger partial charge is 0.307 e. The van der Waals surface area contributed by atoms with Crippen molar-refractivity contribution in [3.8, 4) is 0 Å². The largest absolute Gasteiger partial charge is 0.329 e. The number of piperidine rings is 1. The first-order valence-corrected chi connectivity index (χ1v) is 10.5. The highest BCUT2D eigenvalue weighted by molar-refractivity contribution is 7.89.